The molecule has 0 aliphatic carbocycles. The molecule has 0 radical (unpaired) electrons. The van der Waals surface area contributed by atoms with Crippen LogP contribution in [0.4, 0.5) is 5.82 Å². The maximum atomic E-state index is 9.24. The number of carboxylic acids is 1. The monoisotopic (exact) mass is 375 g/mol. The number of aliphatic carboxylic acids is 1. The van der Waals surface area contributed by atoms with Gasteiger partial charge in [-0.25, -0.2) is 9.97 Å². The van der Waals surface area contributed by atoms with Crippen LogP contribution in [0.15, 0.2) is 11.7 Å². The molecule has 0 fully saturated rings. The van der Waals surface area contributed by atoms with Gasteiger partial charge in [0.05, 0.1) is 17.0 Å². The van der Waals surface area contributed by atoms with Gasteiger partial charge >= 0.3 is 5.97 Å². The number of carbonyl (C=O) groups is 1. The molecule has 0 saturated heterocycles. The Labute approximate surface area is 150 Å². The van der Waals surface area contributed by atoms with E-state index in [4.69, 9.17) is 15.9 Å². The molecule has 0 spiro atoms. The lowest BCUT2D eigenvalue weighted by Gasteiger charge is -2.01. The molecule has 0 aliphatic heterocycles. The Balaban J connectivity index is 0.000000777. The number of aryl methyl sites for hydroxylation is 1. The van der Waals surface area contributed by atoms with E-state index in [-0.39, 0.29) is 25.6 Å². The summed E-state index contributed by atoms with van der Waals surface area (Å²) in [5.74, 6) is 0.249. The van der Waals surface area contributed by atoms with Crippen molar-refractivity contribution in [3.63, 3.8) is 0 Å². The first kappa shape index (κ1) is 22.2. The molecular formula is C14H22ClN5O3S. The molecule has 0 unspecified atom stereocenters. The van der Waals surface area contributed by atoms with Gasteiger partial charge in [0.2, 0.25) is 5.51 Å². The summed E-state index contributed by atoms with van der Waals surface area (Å²) in [7, 11) is 0. The first-order chi connectivity index (χ1) is 10.9. The zero-order valence-electron chi connectivity index (χ0n) is 13.6. The van der Waals surface area contributed by atoms with Gasteiger partial charge in [0.1, 0.15) is 11.6 Å². The lowest BCUT2D eigenvalue weighted by atomic mass is 10.2. The number of hydrogen-bond acceptors (Lipinski definition) is 7. The highest BCUT2D eigenvalue weighted by molar-refractivity contribution is 7.09. The number of nitrogens with two attached hydrogens (primary N) is 2. The number of aliphatic hydroxyl groups is 1. The SMILES string of the molecule is Cc1ncc(C[n+]2csc(CCO)c2C)c(N)n1.NCC(=O)O.[Cl-]. The quantitative estimate of drug-likeness (QED) is 0.400. The van der Waals surface area contributed by atoms with E-state index < -0.39 is 5.97 Å². The third-order valence-corrected chi connectivity index (χ3v) is 4.17. The van der Waals surface area contributed by atoms with Crippen LogP contribution in [0.3, 0.4) is 0 Å². The van der Waals surface area contributed by atoms with E-state index >= 15 is 0 Å². The highest BCUT2D eigenvalue weighted by atomic mass is 35.5. The van der Waals surface area contributed by atoms with E-state index in [9.17, 15) is 4.79 Å². The Kier molecular flexibility index (Phi) is 10.0. The zero-order chi connectivity index (χ0) is 17.4. The van der Waals surface area contributed by atoms with Crippen molar-refractivity contribution in [2.45, 2.75) is 26.8 Å². The number of rotatable bonds is 5. The summed E-state index contributed by atoms with van der Waals surface area (Å²) >= 11 is 1.65. The Morgan fingerprint density at radius 2 is 2.04 bits per heavy atom. The van der Waals surface area contributed by atoms with Crippen LogP contribution in [0, 0.1) is 13.8 Å². The van der Waals surface area contributed by atoms with Crippen molar-refractivity contribution in [3.05, 3.63) is 33.7 Å². The van der Waals surface area contributed by atoms with Crippen molar-refractivity contribution >= 4 is 23.1 Å². The molecule has 0 bridgehead atoms. The Hall–Kier alpha value is -1.81. The minimum absolute atomic E-state index is 0. The molecule has 0 amide bonds. The maximum Gasteiger partial charge on any atom is 0.317 e. The van der Waals surface area contributed by atoms with Gasteiger partial charge in [-0.3, -0.25) is 4.79 Å². The minimum atomic E-state index is -0.968. The highest BCUT2D eigenvalue weighted by Gasteiger charge is 2.16. The molecule has 0 saturated carbocycles. The molecular weight excluding hydrogens is 354 g/mol. The molecule has 8 nitrogen and oxygen atoms in total. The number of nitrogen functional groups attached to an aromatic ring is 1. The average Bonchev–Trinajstić information content (AvgIpc) is 2.84. The summed E-state index contributed by atoms with van der Waals surface area (Å²) in [6, 6.07) is 0. The molecule has 0 aromatic carbocycles. The van der Waals surface area contributed by atoms with Crippen LogP contribution in [-0.4, -0.2) is 39.3 Å². The van der Waals surface area contributed by atoms with E-state index in [0.717, 1.165) is 11.3 Å². The fourth-order valence-electron chi connectivity index (χ4n) is 1.77. The van der Waals surface area contributed by atoms with Crippen LogP contribution in [0.1, 0.15) is 22.0 Å². The number of anilines is 1. The van der Waals surface area contributed by atoms with Crippen molar-refractivity contribution in [1.29, 1.82) is 0 Å². The minimum Gasteiger partial charge on any atom is -1.00 e. The van der Waals surface area contributed by atoms with E-state index in [1.165, 1.54) is 4.88 Å². The Morgan fingerprint density at radius 1 is 1.42 bits per heavy atom. The third-order valence-electron chi connectivity index (χ3n) is 3.03. The summed E-state index contributed by atoms with van der Waals surface area (Å²) in [6.45, 7) is 4.44. The Morgan fingerprint density at radius 3 is 2.54 bits per heavy atom. The van der Waals surface area contributed by atoms with Gasteiger partial charge in [-0.1, -0.05) is 11.3 Å². The third kappa shape index (κ3) is 6.75. The zero-order valence-corrected chi connectivity index (χ0v) is 15.1. The number of aromatic nitrogens is 3. The standard InChI is InChI=1S/C12H17N4OS.C2H5NO2.ClH/c1-8-11(3-4-17)18-7-16(8)6-10-5-14-9(2)15-12(10)13;3-1-2(4)5;/h5,7,17H,3-4,6H2,1-2H3,(H2,13,14,15);1,3H2,(H,4,5);1H/q+1;;/p-1. The summed E-state index contributed by atoms with van der Waals surface area (Å²) in [5, 5.41) is 16.6. The van der Waals surface area contributed by atoms with Crippen LogP contribution in [0.25, 0.3) is 0 Å². The number of nitrogens with zero attached hydrogens (tertiary/aromatic N) is 3. The van der Waals surface area contributed by atoms with Gasteiger partial charge < -0.3 is 34.1 Å². The number of aliphatic hydroxyl groups excluding tert-OH is 1. The fourth-order valence-corrected chi connectivity index (χ4v) is 2.75. The largest absolute Gasteiger partial charge is 1.00 e. The van der Waals surface area contributed by atoms with E-state index in [2.05, 4.69) is 20.3 Å². The average molecular weight is 376 g/mol. The summed E-state index contributed by atoms with van der Waals surface area (Å²) in [5.41, 5.74) is 14.6. The molecule has 6 N–H and O–H groups in total. The number of halogens is 1. The van der Waals surface area contributed by atoms with Crippen LogP contribution in [0.5, 0.6) is 0 Å². The van der Waals surface area contributed by atoms with Crippen molar-refractivity contribution < 1.29 is 32.0 Å². The van der Waals surface area contributed by atoms with Crippen molar-refractivity contribution in [3.8, 4) is 0 Å². The van der Waals surface area contributed by atoms with Crippen LogP contribution < -0.4 is 28.4 Å². The number of thiazole rings is 1. The van der Waals surface area contributed by atoms with Crippen LogP contribution in [0.2, 0.25) is 0 Å². The Bertz CT molecular complexity index is 666. The van der Waals surface area contributed by atoms with E-state index in [1.54, 1.807) is 17.5 Å². The van der Waals surface area contributed by atoms with Crippen molar-refractivity contribution in [1.82, 2.24) is 9.97 Å². The second kappa shape index (κ2) is 10.9. The molecule has 2 aromatic heterocycles. The predicted octanol–water partition coefficient (Wildman–Crippen LogP) is -3.36. The molecule has 2 rings (SSSR count). The van der Waals surface area contributed by atoms with Gasteiger partial charge in [-0.05, 0) is 6.92 Å². The molecule has 134 valence electrons. The smallest absolute Gasteiger partial charge is 0.317 e. The number of hydrogen-bond donors (Lipinski definition) is 4. The molecule has 0 atom stereocenters. The number of carboxylic acid groups (broad SMARTS) is 1. The summed E-state index contributed by atoms with van der Waals surface area (Å²) < 4.78 is 2.11. The molecule has 24 heavy (non-hydrogen) atoms. The van der Waals surface area contributed by atoms with Gasteiger partial charge in [0.25, 0.3) is 0 Å². The van der Waals surface area contributed by atoms with Gasteiger partial charge in [0, 0.05) is 26.1 Å². The molecule has 10 heteroatoms. The second-order valence-electron chi connectivity index (χ2n) is 4.76. The van der Waals surface area contributed by atoms with Crippen LogP contribution in [-0.2, 0) is 17.8 Å². The highest BCUT2D eigenvalue weighted by Crippen LogP contribution is 2.13. The summed E-state index contributed by atoms with van der Waals surface area (Å²) in [4.78, 5) is 18.8. The predicted molar refractivity (Wildman–Crippen MR) is 87.0 cm³/mol. The molecule has 2 aromatic rings. The summed E-state index contributed by atoms with van der Waals surface area (Å²) in [6.07, 6.45) is 2.47. The van der Waals surface area contributed by atoms with E-state index in [1.807, 2.05) is 19.4 Å². The lowest BCUT2D eigenvalue weighted by molar-refractivity contribution is -0.689. The first-order valence-electron chi connectivity index (χ1n) is 6.96. The van der Waals surface area contributed by atoms with E-state index in [0.29, 0.717) is 24.6 Å². The van der Waals surface area contributed by atoms with Gasteiger partial charge in [0.15, 0.2) is 12.2 Å². The van der Waals surface area contributed by atoms with Crippen molar-refractivity contribution in [2.24, 2.45) is 5.73 Å². The maximum absolute atomic E-state index is 9.24. The second-order valence-corrected chi connectivity index (χ2v) is 5.70. The topological polar surface area (TPSA) is 139 Å². The lowest BCUT2D eigenvalue weighted by Crippen LogP contribution is -3.00. The van der Waals surface area contributed by atoms with Gasteiger partial charge in [-0.15, -0.1) is 0 Å². The van der Waals surface area contributed by atoms with Crippen LogP contribution >= 0.6 is 11.3 Å². The molecule has 2 heterocycles. The molecule has 0 aliphatic rings. The fraction of sp³-hybridized carbons (Fsp3) is 0.429. The van der Waals surface area contributed by atoms with Crippen molar-refractivity contribution in [2.75, 3.05) is 18.9 Å². The first-order valence-corrected chi connectivity index (χ1v) is 7.84. The van der Waals surface area contributed by atoms with Gasteiger partial charge in [-0.2, -0.15) is 4.57 Å². The normalized spacial score (nSPS) is 9.67.